The number of carbonyl (C=O) groups is 2. The maximum absolute atomic E-state index is 14.2. The highest BCUT2D eigenvalue weighted by molar-refractivity contribution is 5.90. The van der Waals surface area contributed by atoms with Gasteiger partial charge in [0.15, 0.2) is 0 Å². The van der Waals surface area contributed by atoms with Crippen LogP contribution >= 0.6 is 0 Å². The molecule has 142 valence electrons. The lowest BCUT2D eigenvalue weighted by Gasteiger charge is -2.33. The van der Waals surface area contributed by atoms with Crippen molar-refractivity contribution in [1.82, 2.24) is 21.3 Å². The van der Waals surface area contributed by atoms with Crippen LogP contribution in [-0.4, -0.2) is 55.7 Å². The minimum absolute atomic E-state index is 0.0471. The summed E-state index contributed by atoms with van der Waals surface area (Å²) >= 11 is 0. The van der Waals surface area contributed by atoms with Crippen LogP contribution in [0.5, 0.6) is 0 Å². The molecule has 0 radical (unpaired) electrons. The summed E-state index contributed by atoms with van der Waals surface area (Å²) in [5, 5.41) is 12.2. The molecule has 25 heavy (non-hydrogen) atoms. The third-order valence-corrected chi connectivity index (χ3v) is 6.23. The summed E-state index contributed by atoms with van der Waals surface area (Å²) in [6, 6.07) is -0.981. The molecule has 3 rings (SSSR count). The summed E-state index contributed by atoms with van der Waals surface area (Å²) in [6.45, 7) is 2.98. The number of carbonyl (C=O) groups excluding carboxylic acids is 2. The Kier molecular flexibility index (Phi) is 5.94. The van der Waals surface area contributed by atoms with Crippen LogP contribution in [0.4, 0.5) is 4.39 Å². The Hall–Kier alpha value is -1.21. The fourth-order valence-electron chi connectivity index (χ4n) is 4.72. The average molecular weight is 354 g/mol. The van der Waals surface area contributed by atoms with Crippen LogP contribution in [0.2, 0.25) is 0 Å². The van der Waals surface area contributed by atoms with Gasteiger partial charge in [0.1, 0.15) is 12.2 Å². The predicted octanol–water partition coefficient (Wildman–Crippen LogP) is 0.474. The summed E-state index contributed by atoms with van der Waals surface area (Å²) in [6.07, 6.45) is 4.14. The van der Waals surface area contributed by atoms with E-state index in [2.05, 4.69) is 28.2 Å². The van der Waals surface area contributed by atoms with Gasteiger partial charge in [-0.2, -0.15) is 0 Å². The Morgan fingerprint density at radius 1 is 1.20 bits per heavy atom. The van der Waals surface area contributed by atoms with Crippen LogP contribution in [-0.2, 0) is 9.59 Å². The van der Waals surface area contributed by atoms with E-state index in [-0.39, 0.29) is 29.8 Å². The van der Waals surface area contributed by atoms with E-state index in [4.69, 9.17) is 0 Å². The van der Waals surface area contributed by atoms with Crippen molar-refractivity contribution in [2.45, 2.75) is 75.8 Å². The summed E-state index contributed by atoms with van der Waals surface area (Å²) < 4.78 is 14.2. The van der Waals surface area contributed by atoms with Crippen molar-refractivity contribution in [1.29, 1.82) is 0 Å². The van der Waals surface area contributed by atoms with Crippen LogP contribution in [0.1, 0.15) is 45.4 Å². The fraction of sp³-hybridized carbons (Fsp3) is 0.889. The van der Waals surface area contributed by atoms with Gasteiger partial charge in [0.2, 0.25) is 11.8 Å². The van der Waals surface area contributed by atoms with Crippen LogP contribution in [0, 0.1) is 11.8 Å². The molecule has 2 amide bonds. The third kappa shape index (κ3) is 3.97. The Balaban J connectivity index is 1.64. The van der Waals surface area contributed by atoms with Crippen LogP contribution in [0.3, 0.4) is 0 Å². The molecule has 7 unspecified atom stereocenters. The van der Waals surface area contributed by atoms with Crippen molar-refractivity contribution >= 4 is 11.8 Å². The average Bonchev–Trinajstić information content (AvgIpc) is 3.09. The second kappa shape index (κ2) is 7.99. The van der Waals surface area contributed by atoms with Gasteiger partial charge in [0.25, 0.3) is 0 Å². The Labute approximate surface area is 149 Å². The molecule has 0 bridgehead atoms. The second-order valence-corrected chi connectivity index (χ2v) is 7.87. The van der Waals surface area contributed by atoms with Crippen molar-refractivity contribution in [3.8, 4) is 0 Å². The van der Waals surface area contributed by atoms with Crippen molar-refractivity contribution in [2.75, 3.05) is 13.6 Å². The largest absolute Gasteiger partial charge is 0.357 e. The molecular formula is C18H31FN4O2. The molecule has 7 heteroatoms. The monoisotopic (exact) mass is 354 g/mol. The predicted molar refractivity (Wildman–Crippen MR) is 93.8 cm³/mol. The maximum Gasteiger partial charge on any atom is 0.243 e. The van der Waals surface area contributed by atoms with Gasteiger partial charge in [0, 0.05) is 25.0 Å². The van der Waals surface area contributed by atoms with E-state index in [0.29, 0.717) is 18.8 Å². The second-order valence-electron chi connectivity index (χ2n) is 7.87. The lowest BCUT2D eigenvalue weighted by atomic mass is 9.77. The molecule has 2 aliphatic heterocycles. The number of hydrogen-bond donors (Lipinski definition) is 4. The van der Waals surface area contributed by atoms with E-state index in [1.807, 2.05) is 0 Å². The highest BCUT2D eigenvalue weighted by Gasteiger charge is 2.46. The SMILES string of the molecule is CNC(=O)C(NC(=O)C1CC2C(F)CCC(C)C2N1)C1CCCCN1. The summed E-state index contributed by atoms with van der Waals surface area (Å²) in [5.74, 6) is -0.0787. The van der Waals surface area contributed by atoms with Crippen molar-refractivity contribution in [3.63, 3.8) is 0 Å². The zero-order chi connectivity index (χ0) is 18.0. The Bertz CT molecular complexity index is 479. The quantitative estimate of drug-likeness (QED) is 0.592. The normalized spacial score (nSPS) is 39.3. The first-order valence-electron chi connectivity index (χ1n) is 9.66. The molecule has 1 saturated carbocycles. The van der Waals surface area contributed by atoms with Crippen LogP contribution < -0.4 is 21.3 Å². The lowest BCUT2D eigenvalue weighted by Crippen LogP contribution is -2.60. The maximum atomic E-state index is 14.2. The van der Waals surface area contributed by atoms with E-state index in [1.165, 1.54) is 0 Å². The number of nitrogens with one attached hydrogen (secondary N) is 4. The molecule has 3 aliphatic rings. The van der Waals surface area contributed by atoms with Gasteiger partial charge >= 0.3 is 0 Å². The first-order chi connectivity index (χ1) is 12.0. The van der Waals surface area contributed by atoms with Crippen molar-refractivity contribution in [2.24, 2.45) is 11.8 Å². The highest BCUT2D eigenvalue weighted by atomic mass is 19.1. The lowest BCUT2D eigenvalue weighted by molar-refractivity contribution is -0.130. The van der Waals surface area contributed by atoms with E-state index in [9.17, 15) is 14.0 Å². The number of hydrogen-bond acceptors (Lipinski definition) is 4. The van der Waals surface area contributed by atoms with E-state index >= 15 is 0 Å². The molecular weight excluding hydrogens is 323 g/mol. The summed E-state index contributed by atoms with van der Waals surface area (Å²) in [4.78, 5) is 25.0. The minimum atomic E-state index is -0.832. The molecule has 0 aromatic carbocycles. The first kappa shape index (κ1) is 18.6. The number of halogens is 1. The number of fused-ring (bicyclic) bond motifs is 1. The molecule has 0 aromatic heterocycles. The van der Waals surface area contributed by atoms with E-state index < -0.39 is 18.3 Å². The molecule has 2 saturated heterocycles. The summed E-state index contributed by atoms with van der Waals surface area (Å²) in [5.41, 5.74) is 0. The zero-order valence-electron chi connectivity index (χ0n) is 15.2. The smallest absolute Gasteiger partial charge is 0.243 e. The van der Waals surface area contributed by atoms with Crippen molar-refractivity contribution in [3.05, 3.63) is 0 Å². The number of piperidine rings is 1. The van der Waals surface area contributed by atoms with Gasteiger partial charge in [-0.3, -0.25) is 9.59 Å². The molecule has 4 N–H and O–H groups in total. The molecule has 2 heterocycles. The number of rotatable bonds is 4. The molecule has 0 spiro atoms. The van der Waals surface area contributed by atoms with Gasteiger partial charge in [-0.1, -0.05) is 13.3 Å². The third-order valence-electron chi connectivity index (χ3n) is 6.23. The topological polar surface area (TPSA) is 82.3 Å². The van der Waals surface area contributed by atoms with E-state index in [0.717, 1.165) is 32.2 Å². The van der Waals surface area contributed by atoms with E-state index in [1.54, 1.807) is 7.05 Å². The van der Waals surface area contributed by atoms with Gasteiger partial charge in [-0.25, -0.2) is 4.39 Å². The van der Waals surface area contributed by atoms with Gasteiger partial charge < -0.3 is 21.3 Å². The highest BCUT2D eigenvalue weighted by Crippen LogP contribution is 2.38. The molecule has 7 atom stereocenters. The van der Waals surface area contributed by atoms with Gasteiger partial charge in [-0.05, 0) is 44.6 Å². The Morgan fingerprint density at radius 2 is 2.00 bits per heavy atom. The molecule has 3 fully saturated rings. The number of likely N-dealkylation sites (N-methyl/N-ethyl adjacent to an activating group) is 1. The Morgan fingerprint density at radius 3 is 2.64 bits per heavy atom. The van der Waals surface area contributed by atoms with Crippen LogP contribution in [0.25, 0.3) is 0 Å². The molecule has 6 nitrogen and oxygen atoms in total. The molecule has 0 aromatic rings. The first-order valence-corrected chi connectivity index (χ1v) is 9.66. The minimum Gasteiger partial charge on any atom is -0.357 e. The summed E-state index contributed by atoms with van der Waals surface area (Å²) in [7, 11) is 1.59. The number of amides is 2. The van der Waals surface area contributed by atoms with Gasteiger partial charge in [0.05, 0.1) is 6.04 Å². The van der Waals surface area contributed by atoms with Gasteiger partial charge in [-0.15, -0.1) is 0 Å². The van der Waals surface area contributed by atoms with Crippen LogP contribution in [0.15, 0.2) is 0 Å². The standard InChI is InChI=1S/C18H31FN4O2/c1-10-6-7-12(19)11-9-14(22-15(10)11)17(24)23-16(18(25)20-2)13-5-3-4-8-21-13/h10-16,21-22H,3-9H2,1-2H3,(H,20,25)(H,23,24). The fourth-order valence-corrected chi connectivity index (χ4v) is 4.72. The van der Waals surface area contributed by atoms with Crippen molar-refractivity contribution < 1.29 is 14.0 Å². The number of alkyl halides is 1. The zero-order valence-corrected chi connectivity index (χ0v) is 15.2. The molecule has 1 aliphatic carbocycles.